The smallest absolute Gasteiger partial charge is 0.228 e. The molecule has 0 fully saturated rings. The van der Waals surface area contributed by atoms with Gasteiger partial charge in [-0.1, -0.05) is 39.7 Å². The SMILES string of the molecule is Cc1ccc(C(=O)c2oc3ccc(Br)cc3c2C)c(C)c1. The molecule has 0 saturated heterocycles. The molecule has 0 saturated carbocycles. The Hall–Kier alpha value is -1.87. The van der Waals surface area contributed by atoms with E-state index in [1.165, 1.54) is 0 Å². The van der Waals surface area contributed by atoms with Gasteiger partial charge >= 0.3 is 0 Å². The molecule has 0 aliphatic heterocycles. The number of ketones is 1. The lowest BCUT2D eigenvalue weighted by molar-refractivity contribution is 0.101. The van der Waals surface area contributed by atoms with Crippen molar-refractivity contribution in [3.8, 4) is 0 Å². The number of carbonyl (C=O) groups excluding carboxylic acids is 1. The highest BCUT2D eigenvalue weighted by Gasteiger charge is 2.20. The number of hydrogen-bond acceptors (Lipinski definition) is 2. The van der Waals surface area contributed by atoms with Gasteiger partial charge in [-0.25, -0.2) is 0 Å². The van der Waals surface area contributed by atoms with Gasteiger partial charge in [0, 0.05) is 21.0 Å². The van der Waals surface area contributed by atoms with Gasteiger partial charge in [0.05, 0.1) is 0 Å². The molecule has 0 amide bonds. The minimum atomic E-state index is -0.0580. The lowest BCUT2D eigenvalue weighted by Crippen LogP contribution is -2.04. The molecule has 1 heterocycles. The summed E-state index contributed by atoms with van der Waals surface area (Å²) in [5, 5.41) is 0.970. The van der Waals surface area contributed by atoms with Gasteiger partial charge < -0.3 is 4.42 Å². The molecule has 0 bridgehead atoms. The molecule has 3 heteroatoms. The third-order valence-electron chi connectivity index (χ3n) is 3.73. The van der Waals surface area contributed by atoms with Gasteiger partial charge in [-0.2, -0.15) is 0 Å². The Labute approximate surface area is 131 Å². The van der Waals surface area contributed by atoms with Crippen molar-refractivity contribution in [2.45, 2.75) is 20.8 Å². The normalized spacial score (nSPS) is 11.0. The van der Waals surface area contributed by atoms with Crippen molar-refractivity contribution in [2.75, 3.05) is 0 Å². The number of halogens is 1. The van der Waals surface area contributed by atoms with E-state index in [0.717, 1.165) is 32.1 Å². The van der Waals surface area contributed by atoms with Crippen LogP contribution in [0.25, 0.3) is 11.0 Å². The van der Waals surface area contributed by atoms with Gasteiger partial charge in [0.1, 0.15) is 5.58 Å². The Morgan fingerprint density at radius 1 is 1.05 bits per heavy atom. The zero-order chi connectivity index (χ0) is 15.1. The van der Waals surface area contributed by atoms with Crippen molar-refractivity contribution in [3.05, 3.63) is 68.9 Å². The summed E-state index contributed by atoms with van der Waals surface area (Å²) < 4.78 is 6.76. The average Bonchev–Trinajstić information content (AvgIpc) is 2.75. The number of rotatable bonds is 2. The molecule has 106 valence electrons. The van der Waals surface area contributed by atoms with E-state index >= 15 is 0 Å². The topological polar surface area (TPSA) is 30.2 Å². The summed E-state index contributed by atoms with van der Waals surface area (Å²) in [7, 11) is 0. The maximum absolute atomic E-state index is 12.7. The summed E-state index contributed by atoms with van der Waals surface area (Å²) in [6.45, 7) is 5.90. The second kappa shape index (κ2) is 5.15. The Balaban J connectivity index is 2.15. The van der Waals surface area contributed by atoms with Crippen LogP contribution >= 0.6 is 15.9 Å². The van der Waals surface area contributed by atoms with Crippen molar-refractivity contribution >= 4 is 32.7 Å². The quantitative estimate of drug-likeness (QED) is 0.587. The van der Waals surface area contributed by atoms with E-state index < -0.39 is 0 Å². The van der Waals surface area contributed by atoms with Crippen LogP contribution in [0, 0.1) is 20.8 Å². The van der Waals surface area contributed by atoms with E-state index in [4.69, 9.17) is 4.42 Å². The number of fused-ring (bicyclic) bond motifs is 1. The van der Waals surface area contributed by atoms with Crippen LogP contribution < -0.4 is 0 Å². The van der Waals surface area contributed by atoms with Crippen molar-refractivity contribution in [1.29, 1.82) is 0 Å². The fraction of sp³-hybridized carbons (Fsp3) is 0.167. The number of benzene rings is 2. The Morgan fingerprint density at radius 3 is 2.52 bits per heavy atom. The molecular weight excluding hydrogens is 328 g/mol. The monoisotopic (exact) mass is 342 g/mol. The van der Waals surface area contributed by atoms with Gasteiger partial charge in [0.2, 0.25) is 5.78 Å². The molecule has 3 rings (SSSR count). The zero-order valence-electron chi connectivity index (χ0n) is 12.2. The number of carbonyl (C=O) groups is 1. The van der Waals surface area contributed by atoms with Crippen LogP contribution in [0.5, 0.6) is 0 Å². The molecule has 0 N–H and O–H groups in total. The van der Waals surface area contributed by atoms with Crippen LogP contribution in [0.3, 0.4) is 0 Å². The predicted octanol–water partition coefficient (Wildman–Crippen LogP) is 5.35. The fourth-order valence-corrected chi connectivity index (χ4v) is 2.96. The minimum Gasteiger partial charge on any atom is -0.452 e. The highest BCUT2D eigenvalue weighted by atomic mass is 79.9. The first-order valence-electron chi connectivity index (χ1n) is 6.78. The molecular formula is C18H15BrO2. The highest BCUT2D eigenvalue weighted by Crippen LogP contribution is 2.30. The van der Waals surface area contributed by atoms with E-state index in [2.05, 4.69) is 15.9 Å². The molecule has 0 aliphatic rings. The molecule has 2 nitrogen and oxygen atoms in total. The molecule has 0 spiro atoms. The summed E-state index contributed by atoms with van der Waals surface area (Å²) in [5.74, 6) is 0.368. The van der Waals surface area contributed by atoms with Gasteiger partial charge in [-0.3, -0.25) is 4.79 Å². The lowest BCUT2D eigenvalue weighted by atomic mass is 9.99. The molecule has 0 atom stereocenters. The van der Waals surface area contributed by atoms with Crippen molar-refractivity contribution in [3.63, 3.8) is 0 Å². The average molecular weight is 343 g/mol. The third-order valence-corrected chi connectivity index (χ3v) is 4.22. The molecule has 1 aromatic heterocycles. The van der Waals surface area contributed by atoms with E-state index in [-0.39, 0.29) is 5.78 Å². The second-order valence-corrected chi connectivity index (χ2v) is 6.26. The maximum atomic E-state index is 12.7. The van der Waals surface area contributed by atoms with Crippen LogP contribution in [-0.4, -0.2) is 5.78 Å². The molecule has 2 aromatic carbocycles. The van der Waals surface area contributed by atoms with Crippen molar-refractivity contribution < 1.29 is 9.21 Å². The number of furan rings is 1. The molecule has 3 aromatic rings. The minimum absolute atomic E-state index is 0.0580. The van der Waals surface area contributed by atoms with Gasteiger partial charge in [-0.05, 0) is 44.5 Å². The van der Waals surface area contributed by atoms with E-state index in [1.807, 2.05) is 57.2 Å². The standard InChI is InChI=1S/C18H15BrO2/c1-10-4-6-14(11(2)8-10)17(20)18-12(3)15-9-13(19)5-7-16(15)21-18/h4-9H,1-3H3. The molecule has 21 heavy (non-hydrogen) atoms. The van der Waals surface area contributed by atoms with Crippen molar-refractivity contribution in [1.82, 2.24) is 0 Å². The van der Waals surface area contributed by atoms with Crippen LogP contribution in [0.15, 0.2) is 45.3 Å². The Kier molecular flexibility index (Phi) is 3.46. The predicted molar refractivity (Wildman–Crippen MR) is 88.0 cm³/mol. The van der Waals surface area contributed by atoms with Crippen LogP contribution in [0.4, 0.5) is 0 Å². The van der Waals surface area contributed by atoms with Crippen LogP contribution in [0.1, 0.15) is 32.8 Å². The molecule has 0 aliphatic carbocycles. The largest absolute Gasteiger partial charge is 0.452 e. The Bertz CT molecular complexity index is 859. The van der Waals surface area contributed by atoms with Crippen LogP contribution in [-0.2, 0) is 0 Å². The number of hydrogen-bond donors (Lipinski definition) is 0. The van der Waals surface area contributed by atoms with Gasteiger partial charge in [-0.15, -0.1) is 0 Å². The summed E-state index contributed by atoms with van der Waals surface area (Å²) in [5.41, 5.74) is 4.44. The molecule has 0 unspecified atom stereocenters. The molecule has 0 radical (unpaired) electrons. The highest BCUT2D eigenvalue weighted by molar-refractivity contribution is 9.10. The summed E-state index contributed by atoms with van der Waals surface area (Å²) in [6, 6.07) is 11.6. The van der Waals surface area contributed by atoms with E-state index in [9.17, 15) is 4.79 Å². The van der Waals surface area contributed by atoms with E-state index in [1.54, 1.807) is 0 Å². The Morgan fingerprint density at radius 2 is 1.81 bits per heavy atom. The first-order valence-corrected chi connectivity index (χ1v) is 7.57. The van der Waals surface area contributed by atoms with Gasteiger partial charge in [0.25, 0.3) is 0 Å². The summed E-state index contributed by atoms with van der Waals surface area (Å²) >= 11 is 3.45. The maximum Gasteiger partial charge on any atom is 0.228 e. The second-order valence-electron chi connectivity index (χ2n) is 5.34. The van der Waals surface area contributed by atoms with Gasteiger partial charge in [0.15, 0.2) is 5.76 Å². The first kappa shape index (κ1) is 14.1. The summed E-state index contributed by atoms with van der Waals surface area (Å²) in [6.07, 6.45) is 0. The third kappa shape index (κ3) is 2.42. The number of aryl methyl sites for hydroxylation is 3. The fourth-order valence-electron chi connectivity index (χ4n) is 2.60. The van der Waals surface area contributed by atoms with E-state index in [0.29, 0.717) is 11.3 Å². The summed E-state index contributed by atoms with van der Waals surface area (Å²) in [4.78, 5) is 12.7. The first-order chi connectivity index (χ1) is 9.97. The van der Waals surface area contributed by atoms with Crippen molar-refractivity contribution in [2.24, 2.45) is 0 Å². The van der Waals surface area contributed by atoms with Crippen LogP contribution in [0.2, 0.25) is 0 Å². The lowest BCUT2D eigenvalue weighted by Gasteiger charge is -2.04. The zero-order valence-corrected chi connectivity index (χ0v) is 13.7.